The molecule has 0 aliphatic carbocycles. The van der Waals surface area contributed by atoms with E-state index in [1.807, 2.05) is 31.2 Å². The maximum Gasteiger partial charge on any atom is 0.230 e. The fourth-order valence-electron chi connectivity index (χ4n) is 2.73. The van der Waals surface area contributed by atoms with E-state index < -0.39 is 0 Å². The van der Waals surface area contributed by atoms with Crippen LogP contribution in [0.25, 0.3) is 5.69 Å². The monoisotopic (exact) mass is 366 g/mol. The number of thioether (sulfide) groups is 1. The summed E-state index contributed by atoms with van der Waals surface area (Å²) in [4.78, 5) is 17.4. The molecule has 0 aliphatic heterocycles. The summed E-state index contributed by atoms with van der Waals surface area (Å²) in [6, 6.07) is 14.2. The van der Waals surface area contributed by atoms with E-state index in [0.717, 1.165) is 16.1 Å². The summed E-state index contributed by atoms with van der Waals surface area (Å²) in [7, 11) is 0. The third-order valence-corrected chi connectivity index (χ3v) is 5.32. The third-order valence-electron chi connectivity index (χ3n) is 4.14. The highest BCUT2D eigenvalue weighted by Gasteiger charge is 2.11. The van der Waals surface area contributed by atoms with Crippen molar-refractivity contribution < 1.29 is 4.79 Å². The minimum absolute atomic E-state index is 0.0304. The van der Waals surface area contributed by atoms with Crippen molar-refractivity contribution >= 4 is 17.7 Å². The van der Waals surface area contributed by atoms with Crippen molar-refractivity contribution in [2.45, 2.75) is 31.7 Å². The van der Waals surface area contributed by atoms with Gasteiger partial charge in [0.1, 0.15) is 12.7 Å². The Hall–Kier alpha value is -2.60. The van der Waals surface area contributed by atoms with Crippen LogP contribution < -0.4 is 5.32 Å². The molecule has 3 rings (SSSR count). The first kappa shape index (κ1) is 18.2. The predicted molar refractivity (Wildman–Crippen MR) is 105 cm³/mol. The van der Waals surface area contributed by atoms with Crippen molar-refractivity contribution in [2.24, 2.45) is 0 Å². The molecule has 134 valence electrons. The van der Waals surface area contributed by atoms with E-state index in [2.05, 4.69) is 47.4 Å². The maximum atomic E-state index is 12.3. The van der Waals surface area contributed by atoms with Crippen LogP contribution in [0, 0.1) is 13.8 Å². The van der Waals surface area contributed by atoms with Gasteiger partial charge in [-0.25, -0.2) is 9.67 Å². The summed E-state index contributed by atoms with van der Waals surface area (Å²) in [5.41, 5.74) is 4.44. The Balaban J connectivity index is 1.55. The Morgan fingerprint density at radius 1 is 1.19 bits per heavy atom. The number of carbonyl (C=O) groups excluding carboxylic acids is 1. The van der Waals surface area contributed by atoms with Crippen molar-refractivity contribution in [3.8, 4) is 5.69 Å². The van der Waals surface area contributed by atoms with E-state index in [1.54, 1.807) is 22.8 Å². The van der Waals surface area contributed by atoms with Gasteiger partial charge in [0.2, 0.25) is 5.91 Å². The Kier molecular flexibility index (Phi) is 5.73. The molecule has 0 fully saturated rings. The molecule has 1 amide bonds. The molecule has 2 aromatic carbocycles. The summed E-state index contributed by atoms with van der Waals surface area (Å²) < 4.78 is 1.70. The lowest BCUT2D eigenvalue weighted by molar-refractivity contribution is -0.119. The van der Waals surface area contributed by atoms with E-state index in [4.69, 9.17) is 0 Å². The Morgan fingerprint density at radius 2 is 1.96 bits per heavy atom. The van der Waals surface area contributed by atoms with Crippen LogP contribution in [0.1, 0.15) is 29.7 Å². The summed E-state index contributed by atoms with van der Waals surface area (Å²) in [5.74, 6) is 0.438. The molecule has 0 saturated heterocycles. The topological polar surface area (TPSA) is 59.8 Å². The summed E-state index contributed by atoms with van der Waals surface area (Å²) in [5, 5.41) is 7.17. The molecule has 26 heavy (non-hydrogen) atoms. The number of carbonyl (C=O) groups is 1. The fourth-order valence-corrected chi connectivity index (χ4v) is 3.55. The van der Waals surface area contributed by atoms with Crippen LogP contribution in [0.4, 0.5) is 0 Å². The van der Waals surface area contributed by atoms with Crippen molar-refractivity contribution in [3.05, 3.63) is 71.8 Å². The van der Waals surface area contributed by atoms with Crippen LogP contribution in [-0.2, 0) is 4.79 Å². The molecule has 0 bridgehead atoms. The van der Waals surface area contributed by atoms with Crippen molar-refractivity contribution in [2.75, 3.05) is 5.75 Å². The molecule has 1 aromatic heterocycles. The van der Waals surface area contributed by atoms with Crippen LogP contribution in [0.3, 0.4) is 0 Å². The Morgan fingerprint density at radius 3 is 2.62 bits per heavy atom. The van der Waals surface area contributed by atoms with Gasteiger partial charge in [-0.1, -0.05) is 29.8 Å². The van der Waals surface area contributed by atoms with Gasteiger partial charge < -0.3 is 5.32 Å². The molecule has 0 spiro atoms. The largest absolute Gasteiger partial charge is 0.349 e. The SMILES string of the molecule is Cc1ccc(SCC(=O)N[C@H](C)c2ccc(-n3cncn3)cc2)c(C)c1. The van der Waals surface area contributed by atoms with Gasteiger partial charge >= 0.3 is 0 Å². The molecular formula is C20H22N4OS. The smallest absolute Gasteiger partial charge is 0.230 e. The Bertz CT molecular complexity index is 875. The molecule has 6 heteroatoms. The highest BCUT2D eigenvalue weighted by Crippen LogP contribution is 2.23. The lowest BCUT2D eigenvalue weighted by Gasteiger charge is -2.15. The maximum absolute atomic E-state index is 12.3. The van der Waals surface area contributed by atoms with E-state index in [9.17, 15) is 4.79 Å². The minimum Gasteiger partial charge on any atom is -0.349 e. The van der Waals surface area contributed by atoms with Crippen molar-refractivity contribution in [3.63, 3.8) is 0 Å². The number of aromatic nitrogens is 3. The van der Waals surface area contributed by atoms with Gasteiger partial charge in [0.15, 0.2) is 0 Å². The van der Waals surface area contributed by atoms with Crippen LogP contribution in [-0.4, -0.2) is 26.4 Å². The normalized spacial score (nSPS) is 12.0. The van der Waals surface area contributed by atoms with E-state index >= 15 is 0 Å². The zero-order valence-corrected chi connectivity index (χ0v) is 16.0. The second kappa shape index (κ2) is 8.19. The number of hydrogen-bond acceptors (Lipinski definition) is 4. The number of rotatable bonds is 6. The Labute approximate surface area is 157 Å². The summed E-state index contributed by atoms with van der Waals surface area (Å²) >= 11 is 1.57. The first-order valence-corrected chi connectivity index (χ1v) is 9.46. The van der Waals surface area contributed by atoms with Gasteiger partial charge in [0, 0.05) is 4.90 Å². The fraction of sp³-hybridized carbons (Fsp3) is 0.250. The minimum atomic E-state index is -0.0491. The molecule has 1 N–H and O–H groups in total. The third kappa shape index (κ3) is 4.52. The van der Waals surface area contributed by atoms with Gasteiger partial charge in [0.25, 0.3) is 0 Å². The molecule has 0 aliphatic rings. The lowest BCUT2D eigenvalue weighted by atomic mass is 10.1. The second-order valence-electron chi connectivity index (χ2n) is 6.28. The number of amides is 1. The molecule has 3 aromatic rings. The van der Waals surface area contributed by atoms with E-state index in [-0.39, 0.29) is 11.9 Å². The predicted octanol–water partition coefficient (Wildman–Crippen LogP) is 3.85. The van der Waals surface area contributed by atoms with Gasteiger partial charge in [-0.15, -0.1) is 11.8 Å². The van der Waals surface area contributed by atoms with Gasteiger partial charge in [-0.3, -0.25) is 4.79 Å². The molecule has 1 atom stereocenters. The average molecular weight is 366 g/mol. The highest BCUT2D eigenvalue weighted by molar-refractivity contribution is 8.00. The molecule has 0 unspecified atom stereocenters. The van der Waals surface area contributed by atoms with Crippen LogP contribution in [0.15, 0.2) is 60.0 Å². The molecule has 1 heterocycles. The number of nitrogens with one attached hydrogen (secondary N) is 1. The summed E-state index contributed by atoms with van der Waals surface area (Å²) in [6.45, 7) is 6.14. The molecule has 0 saturated carbocycles. The van der Waals surface area contributed by atoms with Crippen LogP contribution in [0.5, 0.6) is 0 Å². The van der Waals surface area contributed by atoms with Gasteiger partial charge in [0.05, 0.1) is 17.5 Å². The first-order valence-electron chi connectivity index (χ1n) is 8.47. The standard InChI is InChI=1S/C20H22N4OS/c1-14-4-9-19(15(2)10-14)26-11-20(25)23-16(3)17-5-7-18(8-6-17)24-13-21-12-22-24/h4-10,12-13,16H,11H2,1-3H3,(H,23,25)/t16-/m1/s1. The summed E-state index contributed by atoms with van der Waals surface area (Å²) in [6.07, 6.45) is 3.16. The van der Waals surface area contributed by atoms with Crippen molar-refractivity contribution in [1.82, 2.24) is 20.1 Å². The number of aryl methyl sites for hydroxylation is 2. The lowest BCUT2D eigenvalue weighted by Crippen LogP contribution is -2.28. The number of benzene rings is 2. The number of nitrogens with zero attached hydrogens (tertiary/aromatic N) is 3. The highest BCUT2D eigenvalue weighted by atomic mass is 32.2. The zero-order chi connectivity index (χ0) is 18.5. The first-order chi connectivity index (χ1) is 12.5. The van der Waals surface area contributed by atoms with E-state index in [1.165, 1.54) is 17.5 Å². The zero-order valence-electron chi connectivity index (χ0n) is 15.1. The van der Waals surface area contributed by atoms with Crippen LogP contribution >= 0.6 is 11.8 Å². The molecule has 0 radical (unpaired) electrons. The van der Waals surface area contributed by atoms with Gasteiger partial charge in [-0.2, -0.15) is 5.10 Å². The van der Waals surface area contributed by atoms with Crippen molar-refractivity contribution in [1.29, 1.82) is 0 Å². The second-order valence-corrected chi connectivity index (χ2v) is 7.30. The quantitative estimate of drug-likeness (QED) is 0.673. The van der Waals surface area contributed by atoms with Crippen LogP contribution in [0.2, 0.25) is 0 Å². The molecular weight excluding hydrogens is 344 g/mol. The molecule has 5 nitrogen and oxygen atoms in total. The average Bonchev–Trinajstić information content (AvgIpc) is 3.16. The van der Waals surface area contributed by atoms with E-state index in [0.29, 0.717) is 5.75 Å². The van der Waals surface area contributed by atoms with Gasteiger partial charge in [-0.05, 0) is 50.1 Å². The number of hydrogen-bond donors (Lipinski definition) is 1.